The molecule has 1 amide bonds. The summed E-state index contributed by atoms with van der Waals surface area (Å²) in [5.41, 5.74) is 1.60. The molecule has 1 atom stereocenters. The van der Waals surface area contributed by atoms with Gasteiger partial charge in [0.05, 0.1) is 0 Å². The van der Waals surface area contributed by atoms with Crippen molar-refractivity contribution >= 4 is 27.7 Å². The molecule has 0 bridgehead atoms. The molecule has 1 aromatic carbocycles. The summed E-state index contributed by atoms with van der Waals surface area (Å²) in [5, 5.41) is 13.1. The van der Waals surface area contributed by atoms with Crippen LogP contribution in [-0.4, -0.2) is 29.3 Å². The molecule has 5 nitrogen and oxygen atoms in total. The van der Waals surface area contributed by atoms with Gasteiger partial charge in [-0.25, -0.2) is 0 Å². The van der Waals surface area contributed by atoms with Gasteiger partial charge in [-0.1, -0.05) is 33.2 Å². The predicted molar refractivity (Wildman–Crippen MR) is 77.2 cm³/mol. The van der Waals surface area contributed by atoms with Crippen LogP contribution in [0.3, 0.4) is 0 Å². The van der Waals surface area contributed by atoms with E-state index in [0.29, 0.717) is 24.5 Å². The van der Waals surface area contributed by atoms with Crippen molar-refractivity contribution in [1.82, 2.24) is 5.16 Å². The van der Waals surface area contributed by atoms with E-state index in [9.17, 15) is 4.79 Å². The zero-order chi connectivity index (χ0) is 14.1. The number of hydrogen-bond donors (Lipinski definition) is 1. The lowest BCUT2D eigenvalue weighted by molar-refractivity contribution is -0.117. The van der Waals surface area contributed by atoms with Gasteiger partial charge in [0.25, 0.3) is 0 Å². The highest BCUT2D eigenvalue weighted by Crippen LogP contribution is 2.29. The average Bonchev–Trinajstić information content (AvgIpc) is 3.05. The van der Waals surface area contributed by atoms with E-state index >= 15 is 0 Å². The molecule has 0 aliphatic carbocycles. The molecule has 20 heavy (non-hydrogen) atoms. The number of anilines is 1. The number of aliphatic hydroxyl groups excluding tert-OH is 1. The van der Waals surface area contributed by atoms with Gasteiger partial charge in [-0.2, -0.15) is 0 Å². The molecule has 1 saturated heterocycles. The van der Waals surface area contributed by atoms with Gasteiger partial charge in [-0.3, -0.25) is 9.69 Å². The van der Waals surface area contributed by atoms with E-state index in [1.807, 2.05) is 24.3 Å². The zero-order valence-electron chi connectivity index (χ0n) is 10.6. The van der Waals surface area contributed by atoms with Crippen molar-refractivity contribution < 1.29 is 14.4 Å². The average molecular weight is 337 g/mol. The number of hydrogen-bond acceptors (Lipinski definition) is 4. The van der Waals surface area contributed by atoms with Gasteiger partial charge in [0.15, 0.2) is 0 Å². The maximum Gasteiger partial charge on any atom is 0.234 e. The monoisotopic (exact) mass is 336 g/mol. The second kappa shape index (κ2) is 5.38. The molecule has 1 fully saturated rings. The molecular weight excluding hydrogens is 324 g/mol. The van der Waals surface area contributed by atoms with Gasteiger partial charge < -0.3 is 9.63 Å². The van der Waals surface area contributed by atoms with Gasteiger partial charge in [-0.15, -0.1) is 0 Å². The largest absolute Gasteiger partial charge is 0.396 e. The Bertz CT molecular complexity index is 641. The van der Waals surface area contributed by atoms with Crippen molar-refractivity contribution in [2.45, 2.75) is 6.42 Å². The summed E-state index contributed by atoms with van der Waals surface area (Å²) < 4.78 is 6.22. The molecule has 2 heterocycles. The van der Waals surface area contributed by atoms with E-state index in [2.05, 4.69) is 21.1 Å². The first-order chi connectivity index (χ1) is 9.67. The highest BCUT2D eigenvalue weighted by atomic mass is 79.9. The fourth-order valence-corrected chi connectivity index (χ4v) is 2.69. The Morgan fingerprint density at radius 1 is 1.45 bits per heavy atom. The Hall–Kier alpha value is -1.66. The molecule has 104 valence electrons. The summed E-state index contributed by atoms with van der Waals surface area (Å²) in [5.74, 6) is 0.365. The summed E-state index contributed by atoms with van der Waals surface area (Å²) in [6.45, 7) is 0.483. The molecule has 1 N–H and O–H groups in total. The first kappa shape index (κ1) is 13.3. The van der Waals surface area contributed by atoms with E-state index < -0.39 is 0 Å². The number of nitrogens with zero attached hydrogens (tertiary/aromatic N) is 2. The molecule has 1 unspecified atom stereocenters. The normalized spacial score (nSPS) is 18.8. The third-order valence-electron chi connectivity index (χ3n) is 3.35. The third kappa shape index (κ3) is 2.48. The number of carbonyl (C=O) groups is 1. The van der Waals surface area contributed by atoms with Crippen molar-refractivity contribution in [3.8, 4) is 11.3 Å². The van der Waals surface area contributed by atoms with Crippen LogP contribution >= 0.6 is 15.9 Å². The smallest absolute Gasteiger partial charge is 0.234 e. The highest BCUT2D eigenvalue weighted by molar-refractivity contribution is 9.10. The SMILES string of the molecule is O=C1CC(CO)CN1c1cc(-c2cccc(Br)c2)no1. The summed E-state index contributed by atoms with van der Waals surface area (Å²) >= 11 is 3.41. The van der Waals surface area contributed by atoms with Gasteiger partial charge in [-0.05, 0) is 12.1 Å². The lowest BCUT2D eigenvalue weighted by Gasteiger charge is -2.10. The van der Waals surface area contributed by atoms with Gasteiger partial charge in [0.1, 0.15) is 5.69 Å². The Kier molecular flexibility index (Phi) is 3.58. The summed E-state index contributed by atoms with van der Waals surface area (Å²) in [4.78, 5) is 13.4. The number of carbonyl (C=O) groups excluding carboxylic acids is 1. The van der Waals surface area contributed by atoms with Crippen molar-refractivity contribution in [2.24, 2.45) is 5.92 Å². The van der Waals surface area contributed by atoms with Crippen LogP contribution in [0.5, 0.6) is 0 Å². The van der Waals surface area contributed by atoms with E-state index in [0.717, 1.165) is 10.0 Å². The number of benzene rings is 1. The first-order valence-electron chi connectivity index (χ1n) is 6.31. The predicted octanol–water partition coefficient (Wildman–Crippen LogP) is 2.45. The van der Waals surface area contributed by atoms with E-state index in [4.69, 9.17) is 9.63 Å². The van der Waals surface area contributed by atoms with Crippen molar-refractivity contribution in [2.75, 3.05) is 18.1 Å². The molecule has 1 aromatic heterocycles. The first-order valence-corrected chi connectivity index (χ1v) is 7.10. The molecule has 2 aromatic rings. The summed E-state index contributed by atoms with van der Waals surface area (Å²) in [7, 11) is 0. The van der Waals surface area contributed by atoms with Crippen LogP contribution in [0.2, 0.25) is 0 Å². The standard InChI is InChI=1S/C14H13BrN2O3/c15-11-3-1-2-10(5-11)12-6-14(20-16-12)17-7-9(8-18)4-13(17)19/h1-3,5-6,9,18H,4,7-8H2. The second-order valence-corrected chi connectivity index (χ2v) is 5.73. The molecule has 6 heteroatoms. The maximum absolute atomic E-state index is 11.9. The molecule has 0 radical (unpaired) electrons. The molecular formula is C14H13BrN2O3. The highest BCUT2D eigenvalue weighted by Gasteiger charge is 2.32. The van der Waals surface area contributed by atoms with Crippen molar-refractivity contribution in [1.29, 1.82) is 0 Å². The van der Waals surface area contributed by atoms with Crippen LogP contribution in [0.25, 0.3) is 11.3 Å². The Labute approximate surface area is 124 Å². The van der Waals surface area contributed by atoms with Crippen molar-refractivity contribution in [3.05, 3.63) is 34.8 Å². The van der Waals surface area contributed by atoms with Crippen molar-refractivity contribution in [3.63, 3.8) is 0 Å². The van der Waals surface area contributed by atoms with Crippen LogP contribution in [-0.2, 0) is 4.79 Å². The fraction of sp³-hybridized carbons (Fsp3) is 0.286. The minimum absolute atomic E-state index is 0.00880. The molecule has 1 aliphatic heterocycles. The van der Waals surface area contributed by atoms with Gasteiger partial charge in [0, 0.05) is 41.6 Å². The second-order valence-electron chi connectivity index (χ2n) is 4.82. The lowest BCUT2D eigenvalue weighted by Crippen LogP contribution is -2.24. The van der Waals surface area contributed by atoms with Gasteiger partial charge in [0.2, 0.25) is 11.8 Å². The van der Waals surface area contributed by atoms with E-state index in [1.165, 1.54) is 4.90 Å². The minimum Gasteiger partial charge on any atom is -0.396 e. The minimum atomic E-state index is -0.0407. The third-order valence-corrected chi connectivity index (χ3v) is 3.84. The Morgan fingerprint density at radius 3 is 3.00 bits per heavy atom. The van der Waals surface area contributed by atoms with Crippen LogP contribution in [0.1, 0.15) is 6.42 Å². The maximum atomic E-state index is 11.9. The van der Waals surface area contributed by atoms with E-state index in [-0.39, 0.29) is 18.4 Å². The topological polar surface area (TPSA) is 66.6 Å². The number of amides is 1. The van der Waals surface area contributed by atoms with Gasteiger partial charge >= 0.3 is 0 Å². The van der Waals surface area contributed by atoms with Crippen LogP contribution < -0.4 is 4.90 Å². The number of aliphatic hydroxyl groups is 1. The summed E-state index contributed by atoms with van der Waals surface area (Å²) in [6.07, 6.45) is 0.351. The molecule has 0 spiro atoms. The summed E-state index contributed by atoms with van der Waals surface area (Å²) in [6, 6.07) is 9.45. The molecule has 1 aliphatic rings. The van der Waals surface area contributed by atoms with Crippen LogP contribution in [0.15, 0.2) is 39.3 Å². The zero-order valence-corrected chi connectivity index (χ0v) is 12.2. The fourth-order valence-electron chi connectivity index (χ4n) is 2.29. The van der Waals surface area contributed by atoms with Crippen LogP contribution in [0, 0.1) is 5.92 Å². The number of rotatable bonds is 3. The number of aromatic nitrogens is 1. The number of halogens is 1. The van der Waals surface area contributed by atoms with Crippen LogP contribution in [0.4, 0.5) is 5.88 Å². The van der Waals surface area contributed by atoms with E-state index in [1.54, 1.807) is 6.07 Å². The lowest BCUT2D eigenvalue weighted by atomic mass is 10.1. The quantitative estimate of drug-likeness (QED) is 0.934. The Balaban J connectivity index is 1.86. The molecule has 3 rings (SSSR count). The Morgan fingerprint density at radius 2 is 2.30 bits per heavy atom. The molecule has 0 saturated carbocycles.